The Morgan fingerprint density at radius 3 is 1.93 bits per heavy atom. The van der Waals surface area contributed by atoms with Crippen LogP contribution in [-0.4, -0.2) is 106 Å². The lowest BCUT2D eigenvalue weighted by Gasteiger charge is -2.24. The third-order valence-electron chi connectivity index (χ3n) is 4.91. The first-order chi connectivity index (χ1) is 19.1. The lowest BCUT2D eigenvalue weighted by molar-refractivity contribution is -0.195. The number of hydroxylamine groups is 2. The van der Waals surface area contributed by atoms with Crippen LogP contribution in [0.5, 0.6) is 0 Å². The van der Waals surface area contributed by atoms with Crippen molar-refractivity contribution in [3.63, 3.8) is 0 Å². The van der Waals surface area contributed by atoms with Crippen LogP contribution in [0.1, 0.15) is 67.2 Å². The minimum absolute atomic E-state index is 0.0351. The Hall–Kier alpha value is -2.68. The first kappa shape index (κ1) is 36.3. The fourth-order valence-electron chi connectivity index (χ4n) is 3.23. The molecule has 0 aromatic rings. The maximum Gasteiger partial charge on any atom is 0.407 e. The predicted molar refractivity (Wildman–Crippen MR) is 156 cm³/mol. The second-order valence-corrected chi connectivity index (χ2v) is 13.4. The highest BCUT2D eigenvalue weighted by Crippen LogP contribution is 2.14. The van der Waals surface area contributed by atoms with E-state index in [0.717, 1.165) is 0 Å². The van der Waals surface area contributed by atoms with Crippen LogP contribution in [0.4, 0.5) is 9.59 Å². The van der Waals surface area contributed by atoms with Gasteiger partial charge in [-0.1, -0.05) is 0 Å². The minimum Gasteiger partial charge on any atom is -0.444 e. The summed E-state index contributed by atoms with van der Waals surface area (Å²) in [5.74, 6) is -0.164. The molecule has 1 aliphatic heterocycles. The van der Waals surface area contributed by atoms with Gasteiger partial charge in [-0.3, -0.25) is 14.4 Å². The second kappa shape index (κ2) is 18.0. The van der Waals surface area contributed by atoms with Gasteiger partial charge in [-0.2, -0.15) is 11.8 Å². The molecule has 1 saturated heterocycles. The van der Waals surface area contributed by atoms with Gasteiger partial charge in [-0.25, -0.2) is 14.4 Å². The highest BCUT2D eigenvalue weighted by atomic mass is 32.2. The fraction of sp³-hybridized carbons (Fsp3) is 0.769. The molecule has 234 valence electrons. The molecule has 5 amide bonds. The molecule has 0 spiro atoms. The van der Waals surface area contributed by atoms with E-state index < -0.39 is 41.2 Å². The molecule has 1 aliphatic rings. The standard InChI is InChI=1S/C26H44N4O9S2/c1-25(2,3)37-23(35)27-11-14-29(19(31)10-16-40-17-12-28-24(36)38-26(4,5)6)13-7-15-41-18-22(34)39-30-20(32)8-9-21(30)33/h7-18H2,1-6H3,(H,27,35)(H,28,36). The molecule has 15 heteroatoms. The summed E-state index contributed by atoms with van der Waals surface area (Å²) in [6, 6.07) is 0. The number of amides is 5. The molecule has 0 aliphatic carbocycles. The number of carbonyl (C=O) groups excluding carboxylic acids is 6. The van der Waals surface area contributed by atoms with Gasteiger partial charge in [0.1, 0.15) is 11.2 Å². The molecule has 1 heterocycles. The summed E-state index contributed by atoms with van der Waals surface area (Å²) in [6.45, 7) is 12.0. The zero-order chi connectivity index (χ0) is 31.1. The van der Waals surface area contributed by atoms with E-state index in [9.17, 15) is 28.8 Å². The Bertz CT molecular complexity index is 904. The van der Waals surface area contributed by atoms with Crippen molar-refractivity contribution in [1.82, 2.24) is 20.6 Å². The van der Waals surface area contributed by atoms with Crippen molar-refractivity contribution in [2.45, 2.75) is 78.4 Å². The number of nitrogens with zero attached hydrogens (tertiary/aromatic N) is 2. The molecule has 13 nitrogen and oxygen atoms in total. The van der Waals surface area contributed by atoms with Crippen LogP contribution in [0.15, 0.2) is 0 Å². The molecule has 0 aromatic carbocycles. The van der Waals surface area contributed by atoms with E-state index in [0.29, 0.717) is 41.8 Å². The third-order valence-corrected chi connectivity index (χ3v) is 6.92. The van der Waals surface area contributed by atoms with Crippen molar-refractivity contribution in [2.75, 3.05) is 49.2 Å². The molecule has 0 bridgehead atoms. The minimum atomic E-state index is -0.689. The lowest BCUT2D eigenvalue weighted by Crippen LogP contribution is -2.41. The van der Waals surface area contributed by atoms with Gasteiger partial charge in [0.15, 0.2) is 0 Å². The van der Waals surface area contributed by atoms with Crippen LogP contribution in [0, 0.1) is 0 Å². The van der Waals surface area contributed by atoms with Gasteiger partial charge in [0, 0.05) is 56.9 Å². The Morgan fingerprint density at radius 1 is 0.805 bits per heavy atom. The summed E-state index contributed by atoms with van der Waals surface area (Å²) in [5.41, 5.74) is -1.20. The van der Waals surface area contributed by atoms with Gasteiger partial charge in [-0.05, 0) is 53.7 Å². The zero-order valence-corrected chi connectivity index (χ0v) is 26.5. The number of nitrogens with one attached hydrogen (secondary N) is 2. The van der Waals surface area contributed by atoms with E-state index in [1.807, 2.05) is 0 Å². The van der Waals surface area contributed by atoms with Crippen LogP contribution in [-0.2, 0) is 33.5 Å². The summed E-state index contributed by atoms with van der Waals surface area (Å²) >= 11 is 2.80. The number of imide groups is 1. The summed E-state index contributed by atoms with van der Waals surface area (Å²) in [7, 11) is 0. The van der Waals surface area contributed by atoms with E-state index >= 15 is 0 Å². The van der Waals surface area contributed by atoms with Gasteiger partial charge in [-0.15, -0.1) is 16.8 Å². The SMILES string of the molecule is CC(C)(C)OC(=O)NCCSCCC(=O)N(CCCSCC(=O)ON1C(=O)CCC1=O)CCNC(=O)OC(C)(C)C. The number of thioether (sulfide) groups is 2. The molecular weight excluding hydrogens is 576 g/mol. The highest BCUT2D eigenvalue weighted by molar-refractivity contribution is 7.99. The van der Waals surface area contributed by atoms with Crippen molar-refractivity contribution >= 4 is 59.4 Å². The van der Waals surface area contributed by atoms with Crippen molar-refractivity contribution in [3.05, 3.63) is 0 Å². The first-order valence-corrected chi connectivity index (χ1v) is 15.8. The van der Waals surface area contributed by atoms with Crippen molar-refractivity contribution < 1.29 is 43.1 Å². The number of alkyl carbamates (subject to hydrolysis) is 2. The molecule has 0 radical (unpaired) electrons. The van der Waals surface area contributed by atoms with E-state index in [1.165, 1.54) is 23.5 Å². The number of carbonyl (C=O) groups is 6. The van der Waals surface area contributed by atoms with Gasteiger partial charge >= 0.3 is 18.2 Å². The zero-order valence-electron chi connectivity index (χ0n) is 24.9. The summed E-state index contributed by atoms with van der Waals surface area (Å²) < 4.78 is 10.4. The molecule has 2 N–H and O–H groups in total. The van der Waals surface area contributed by atoms with Crippen LogP contribution in [0.2, 0.25) is 0 Å². The Kier molecular flexibility index (Phi) is 15.9. The number of rotatable bonds is 16. The summed E-state index contributed by atoms with van der Waals surface area (Å²) in [6.07, 6.45) is -0.129. The summed E-state index contributed by atoms with van der Waals surface area (Å²) in [5, 5.41) is 5.85. The van der Waals surface area contributed by atoms with Crippen LogP contribution in [0.25, 0.3) is 0 Å². The average Bonchev–Trinajstić information content (AvgIpc) is 3.14. The van der Waals surface area contributed by atoms with Crippen LogP contribution < -0.4 is 10.6 Å². The quantitative estimate of drug-likeness (QED) is 0.193. The molecule has 0 saturated carbocycles. The third kappa shape index (κ3) is 17.7. The molecular formula is C26H44N4O9S2. The Labute approximate surface area is 250 Å². The maximum atomic E-state index is 12.9. The van der Waals surface area contributed by atoms with Gasteiger partial charge in [0.25, 0.3) is 11.8 Å². The summed E-state index contributed by atoms with van der Waals surface area (Å²) in [4.78, 5) is 78.1. The number of hydrogen-bond acceptors (Lipinski definition) is 11. The van der Waals surface area contributed by atoms with E-state index in [2.05, 4.69) is 10.6 Å². The van der Waals surface area contributed by atoms with E-state index in [4.69, 9.17) is 14.3 Å². The average molecular weight is 621 g/mol. The monoisotopic (exact) mass is 620 g/mol. The molecule has 0 unspecified atom stereocenters. The van der Waals surface area contributed by atoms with Crippen LogP contribution in [0.3, 0.4) is 0 Å². The smallest absolute Gasteiger partial charge is 0.407 e. The highest BCUT2D eigenvalue weighted by Gasteiger charge is 2.32. The first-order valence-electron chi connectivity index (χ1n) is 13.5. The second-order valence-electron chi connectivity index (χ2n) is 11.1. The largest absolute Gasteiger partial charge is 0.444 e. The van der Waals surface area contributed by atoms with Gasteiger partial charge < -0.3 is 29.8 Å². The maximum absolute atomic E-state index is 12.9. The lowest BCUT2D eigenvalue weighted by atomic mass is 10.2. The number of ether oxygens (including phenoxy) is 2. The molecule has 1 fully saturated rings. The van der Waals surface area contributed by atoms with Crippen molar-refractivity contribution in [1.29, 1.82) is 0 Å². The topological polar surface area (TPSA) is 161 Å². The Morgan fingerprint density at radius 2 is 1.37 bits per heavy atom. The molecule has 1 rings (SSSR count). The van der Waals surface area contributed by atoms with Crippen molar-refractivity contribution in [2.24, 2.45) is 0 Å². The Balaban J connectivity index is 2.42. The van der Waals surface area contributed by atoms with Crippen LogP contribution >= 0.6 is 23.5 Å². The fourth-order valence-corrected chi connectivity index (χ4v) is 4.69. The van der Waals surface area contributed by atoms with Gasteiger partial charge in [0.2, 0.25) is 5.91 Å². The molecule has 0 aromatic heterocycles. The normalized spacial score (nSPS) is 13.6. The molecule has 0 atom stereocenters. The van der Waals surface area contributed by atoms with E-state index in [-0.39, 0.29) is 44.0 Å². The number of hydrogen-bond donors (Lipinski definition) is 2. The predicted octanol–water partition coefficient (Wildman–Crippen LogP) is 2.72. The van der Waals surface area contributed by atoms with Gasteiger partial charge in [0.05, 0.1) is 5.75 Å². The van der Waals surface area contributed by atoms with Crippen molar-refractivity contribution in [3.8, 4) is 0 Å². The van der Waals surface area contributed by atoms with E-state index in [1.54, 1.807) is 46.4 Å². The molecule has 41 heavy (non-hydrogen) atoms.